The fraction of sp³-hybridized carbons (Fsp3) is 0.231. The maximum absolute atomic E-state index is 6.22. The summed E-state index contributed by atoms with van der Waals surface area (Å²) in [6.45, 7) is 1.72. The van der Waals surface area contributed by atoms with Gasteiger partial charge in [0.25, 0.3) is 0 Å². The van der Waals surface area contributed by atoms with Crippen molar-refractivity contribution in [2.24, 2.45) is 0 Å². The Morgan fingerprint density at radius 2 is 1.94 bits per heavy atom. The lowest BCUT2D eigenvalue weighted by molar-refractivity contribution is 0.624. The molecular weight excluding hydrogens is 234 g/mol. The zero-order valence-electron chi connectivity index (χ0n) is 9.28. The molecule has 86 valence electrons. The molecule has 1 aliphatic heterocycles. The summed E-state index contributed by atoms with van der Waals surface area (Å²) in [5.74, 6) is 0.707. The first-order valence-corrected chi connectivity index (χ1v) is 6.04. The smallest absolute Gasteiger partial charge is 0.161 e. The molecule has 0 unspecified atom stereocenters. The largest absolute Gasteiger partial charge is 0.311 e. The van der Waals surface area contributed by atoms with Crippen LogP contribution in [0.15, 0.2) is 30.3 Å². The third-order valence-electron chi connectivity index (χ3n) is 2.92. The monoisotopic (exact) mass is 245 g/mol. The molecular formula is C13H12ClN3. The Labute approximate surface area is 105 Å². The van der Waals surface area contributed by atoms with E-state index in [1.165, 1.54) is 0 Å². The first kappa shape index (κ1) is 10.7. The van der Waals surface area contributed by atoms with E-state index in [1.807, 2.05) is 30.3 Å². The Bertz CT molecular complexity index is 540. The number of fused-ring (bicyclic) bond motifs is 1. The quantitative estimate of drug-likeness (QED) is 0.785. The highest BCUT2D eigenvalue weighted by atomic mass is 35.5. The molecule has 1 N–H and O–H groups in total. The van der Waals surface area contributed by atoms with E-state index in [1.54, 1.807) is 0 Å². The van der Waals surface area contributed by atoms with Crippen LogP contribution in [-0.4, -0.2) is 16.5 Å². The molecule has 0 aliphatic carbocycles. The molecule has 1 aromatic carbocycles. The second-order valence-electron chi connectivity index (χ2n) is 4.06. The van der Waals surface area contributed by atoms with Crippen LogP contribution in [0.1, 0.15) is 11.3 Å². The number of benzene rings is 1. The van der Waals surface area contributed by atoms with Gasteiger partial charge in [0, 0.05) is 17.7 Å². The molecule has 0 atom stereocenters. The number of hydrogen-bond acceptors (Lipinski definition) is 3. The highest BCUT2D eigenvalue weighted by molar-refractivity contribution is 6.30. The second-order valence-corrected chi connectivity index (χ2v) is 4.41. The maximum atomic E-state index is 6.22. The fourth-order valence-electron chi connectivity index (χ4n) is 2.03. The van der Waals surface area contributed by atoms with E-state index >= 15 is 0 Å². The lowest BCUT2D eigenvalue weighted by atomic mass is 10.1. The number of nitrogens with zero attached hydrogens (tertiary/aromatic N) is 2. The number of nitrogens with one attached hydrogen (secondary N) is 1. The van der Waals surface area contributed by atoms with Crippen molar-refractivity contribution in [3.63, 3.8) is 0 Å². The summed E-state index contributed by atoms with van der Waals surface area (Å²) >= 11 is 6.22. The molecule has 0 bridgehead atoms. The molecule has 0 radical (unpaired) electrons. The molecule has 4 heteroatoms. The van der Waals surface area contributed by atoms with Crippen molar-refractivity contribution in [1.29, 1.82) is 0 Å². The van der Waals surface area contributed by atoms with E-state index in [2.05, 4.69) is 15.3 Å². The van der Waals surface area contributed by atoms with Crippen LogP contribution in [0.4, 0.5) is 0 Å². The van der Waals surface area contributed by atoms with Gasteiger partial charge < -0.3 is 5.32 Å². The summed E-state index contributed by atoms with van der Waals surface area (Å²) in [6.07, 6.45) is 0.906. The Balaban J connectivity index is 2.11. The Morgan fingerprint density at radius 3 is 2.76 bits per heavy atom. The zero-order valence-corrected chi connectivity index (χ0v) is 10.0. The van der Waals surface area contributed by atoms with Gasteiger partial charge in [-0.1, -0.05) is 41.9 Å². The van der Waals surface area contributed by atoms with Gasteiger partial charge in [-0.2, -0.15) is 0 Å². The third kappa shape index (κ3) is 2.04. The predicted octanol–water partition coefficient (Wildman–Crippen LogP) is 2.44. The van der Waals surface area contributed by atoms with Gasteiger partial charge in [-0.25, -0.2) is 9.97 Å². The van der Waals surface area contributed by atoms with E-state index < -0.39 is 0 Å². The van der Waals surface area contributed by atoms with E-state index in [-0.39, 0.29) is 0 Å². The molecule has 0 saturated heterocycles. The van der Waals surface area contributed by atoms with Crippen molar-refractivity contribution in [1.82, 2.24) is 15.3 Å². The van der Waals surface area contributed by atoms with Crippen LogP contribution in [-0.2, 0) is 13.0 Å². The maximum Gasteiger partial charge on any atom is 0.161 e. The van der Waals surface area contributed by atoms with E-state index in [0.717, 1.165) is 36.3 Å². The van der Waals surface area contributed by atoms with Crippen molar-refractivity contribution in [3.05, 3.63) is 46.7 Å². The first-order valence-electron chi connectivity index (χ1n) is 5.66. The Hall–Kier alpha value is -1.45. The summed E-state index contributed by atoms with van der Waals surface area (Å²) in [4.78, 5) is 8.97. The number of halogens is 1. The average Bonchev–Trinajstić information content (AvgIpc) is 2.40. The summed E-state index contributed by atoms with van der Waals surface area (Å²) in [5.41, 5.74) is 3.11. The zero-order chi connectivity index (χ0) is 11.7. The standard InChI is InChI=1S/C13H12ClN3/c14-12-10-6-7-15-8-11(10)16-13(17-12)9-4-2-1-3-5-9/h1-5,15H,6-8H2. The van der Waals surface area contributed by atoms with Gasteiger partial charge in [-0.3, -0.25) is 0 Å². The van der Waals surface area contributed by atoms with E-state index in [9.17, 15) is 0 Å². The van der Waals surface area contributed by atoms with Crippen molar-refractivity contribution >= 4 is 11.6 Å². The SMILES string of the molecule is Clc1nc(-c2ccccc2)nc2c1CCNC2. The van der Waals surface area contributed by atoms with Crippen LogP contribution in [0.25, 0.3) is 11.4 Å². The van der Waals surface area contributed by atoms with Crippen molar-refractivity contribution in [2.45, 2.75) is 13.0 Å². The fourth-order valence-corrected chi connectivity index (χ4v) is 2.31. The molecule has 0 fully saturated rings. The minimum absolute atomic E-state index is 0.593. The molecule has 0 spiro atoms. The van der Waals surface area contributed by atoms with Crippen LogP contribution in [0.5, 0.6) is 0 Å². The molecule has 3 nitrogen and oxygen atoms in total. The van der Waals surface area contributed by atoms with Gasteiger partial charge in [0.05, 0.1) is 5.69 Å². The predicted molar refractivity (Wildman–Crippen MR) is 67.9 cm³/mol. The minimum Gasteiger partial charge on any atom is -0.311 e. The van der Waals surface area contributed by atoms with Gasteiger partial charge in [-0.05, 0) is 13.0 Å². The summed E-state index contributed by atoms with van der Waals surface area (Å²) in [6, 6.07) is 9.92. The molecule has 0 saturated carbocycles. The highest BCUT2D eigenvalue weighted by Gasteiger charge is 2.16. The molecule has 17 heavy (non-hydrogen) atoms. The third-order valence-corrected chi connectivity index (χ3v) is 3.23. The lowest BCUT2D eigenvalue weighted by Crippen LogP contribution is -2.25. The van der Waals surface area contributed by atoms with Crippen LogP contribution >= 0.6 is 11.6 Å². The lowest BCUT2D eigenvalue weighted by Gasteiger charge is -2.17. The van der Waals surface area contributed by atoms with Gasteiger partial charge in [-0.15, -0.1) is 0 Å². The second kappa shape index (κ2) is 4.43. The van der Waals surface area contributed by atoms with Gasteiger partial charge >= 0.3 is 0 Å². The summed E-state index contributed by atoms with van der Waals surface area (Å²) in [7, 11) is 0. The van der Waals surface area contributed by atoms with Crippen LogP contribution in [0.2, 0.25) is 5.15 Å². The van der Waals surface area contributed by atoms with Crippen molar-refractivity contribution in [3.8, 4) is 11.4 Å². The summed E-state index contributed by atoms with van der Waals surface area (Å²) < 4.78 is 0. The summed E-state index contributed by atoms with van der Waals surface area (Å²) in [5, 5.41) is 3.89. The molecule has 2 heterocycles. The molecule has 1 aliphatic rings. The molecule has 1 aromatic heterocycles. The molecule has 0 amide bonds. The first-order chi connectivity index (χ1) is 8.34. The van der Waals surface area contributed by atoms with Crippen LogP contribution in [0, 0.1) is 0 Å². The van der Waals surface area contributed by atoms with Crippen molar-refractivity contribution in [2.75, 3.05) is 6.54 Å². The van der Waals surface area contributed by atoms with E-state index in [0.29, 0.717) is 11.0 Å². The van der Waals surface area contributed by atoms with Gasteiger partial charge in [0.15, 0.2) is 5.82 Å². The Morgan fingerprint density at radius 1 is 1.12 bits per heavy atom. The number of hydrogen-bond donors (Lipinski definition) is 1. The van der Waals surface area contributed by atoms with E-state index in [4.69, 9.17) is 11.6 Å². The van der Waals surface area contributed by atoms with Crippen molar-refractivity contribution < 1.29 is 0 Å². The number of rotatable bonds is 1. The average molecular weight is 246 g/mol. The van der Waals surface area contributed by atoms with Crippen LogP contribution in [0.3, 0.4) is 0 Å². The van der Waals surface area contributed by atoms with Gasteiger partial charge in [0.2, 0.25) is 0 Å². The topological polar surface area (TPSA) is 37.8 Å². The van der Waals surface area contributed by atoms with Crippen LogP contribution < -0.4 is 5.32 Å². The highest BCUT2D eigenvalue weighted by Crippen LogP contribution is 2.24. The molecule has 3 rings (SSSR count). The Kier molecular flexibility index (Phi) is 2.79. The van der Waals surface area contributed by atoms with Gasteiger partial charge in [0.1, 0.15) is 5.15 Å². The molecule has 2 aromatic rings. The normalized spacial score (nSPS) is 14.4. The minimum atomic E-state index is 0.593. The number of aromatic nitrogens is 2.